The van der Waals surface area contributed by atoms with Crippen molar-refractivity contribution in [3.05, 3.63) is 0 Å². The van der Waals surface area contributed by atoms with E-state index in [1.54, 1.807) is 57.8 Å². The fourth-order valence-electron chi connectivity index (χ4n) is 8.33. The second kappa shape index (κ2) is 4.33. The van der Waals surface area contributed by atoms with Crippen LogP contribution < -0.4 is 0 Å². The molecule has 0 aromatic heterocycles. The highest BCUT2D eigenvalue weighted by Crippen LogP contribution is 2.76. The minimum Gasteiger partial charge on any atom is -0.153 e. The summed E-state index contributed by atoms with van der Waals surface area (Å²) >= 11 is 4.62. The second-order valence-electron chi connectivity index (χ2n) is 10.6. The lowest BCUT2D eigenvalue weighted by molar-refractivity contribution is -0.107. The van der Waals surface area contributed by atoms with Gasteiger partial charge in [0.05, 0.1) is 0 Å². The summed E-state index contributed by atoms with van der Waals surface area (Å²) in [6, 6.07) is 0. The predicted octanol–water partition coefficient (Wildman–Crippen LogP) is 6.00. The summed E-state index contributed by atoms with van der Waals surface area (Å²) in [5, 5.41) is 0. The van der Waals surface area contributed by atoms with Gasteiger partial charge < -0.3 is 0 Å². The smallest absolute Gasteiger partial charge is 0.0307 e. The molecule has 0 N–H and O–H groups in total. The van der Waals surface area contributed by atoms with Crippen molar-refractivity contribution in [2.45, 2.75) is 81.1 Å². The normalized spacial score (nSPS) is 66.0. The summed E-state index contributed by atoms with van der Waals surface area (Å²) in [5.41, 5.74) is 1.43. The number of hydrogen-bond acceptors (Lipinski definition) is 2. The van der Waals surface area contributed by atoms with Gasteiger partial charge in [0.15, 0.2) is 0 Å². The van der Waals surface area contributed by atoms with E-state index >= 15 is 0 Å². The van der Waals surface area contributed by atoms with Gasteiger partial charge >= 0.3 is 0 Å². The van der Waals surface area contributed by atoms with E-state index in [1.807, 2.05) is 0 Å². The Labute approximate surface area is 150 Å². The monoisotopic (exact) mass is 348 g/mol. The van der Waals surface area contributed by atoms with Crippen LogP contribution in [0.2, 0.25) is 0 Å². The third-order valence-corrected chi connectivity index (χ3v) is 13.3. The standard InChI is InChI=1S/C21H32S2/c1-18-9-10-20(12-22-20)11-14(18)3-4-15-16(18)5-7-19(2)17(15)6-8-21(19)13-23-21/h14-17H,3-13H2,1-2H3. The van der Waals surface area contributed by atoms with Crippen LogP contribution >= 0.6 is 23.5 Å². The highest BCUT2D eigenvalue weighted by Gasteiger charge is 2.69. The maximum absolute atomic E-state index is 2.74. The molecule has 4 aliphatic carbocycles. The summed E-state index contributed by atoms with van der Waals surface area (Å²) in [6.45, 7) is 5.46. The largest absolute Gasteiger partial charge is 0.153 e. The summed E-state index contributed by atoms with van der Waals surface area (Å²) in [4.78, 5) is 0. The summed E-state index contributed by atoms with van der Waals surface area (Å²) in [5.74, 6) is 7.32. The van der Waals surface area contributed by atoms with E-state index in [0.717, 1.165) is 33.2 Å². The first kappa shape index (κ1) is 14.8. The molecule has 2 heterocycles. The van der Waals surface area contributed by atoms with Crippen LogP contribution in [-0.2, 0) is 0 Å². The Morgan fingerprint density at radius 1 is 0.783 bits per heavy atom. The van der Waals surface area contributed by atoms with Crippen molar-refractivity contribution in [2.75, 3.05) is 11.5 Å². The topological polar surface area (TPSA) is 0 Å². The van der Waals surface area contributed by atoms with Crippen LogP contribution in [0.1, 0.15) is 71.6 Å². The Bertz CT molecular complexity index is 548. The molecule has 6 rings (SSSR count). The molecule has 6 aliphatic rings. The average molecular weight is 349 g/mol. The molecule has 0 bridgehead atoms. The first-order valence-electron chi connectivity index (χ1n) is 10.3. The molecule has 0 amide bonds. The lowest BCUT2D eigenvalue weighted by Gasteiger charge is -2.61. The van der Waals surface area contributed by atoms with Crippen LogP contribution in [0.25, 0.3) is 0 Å². The van der Waals surface area contributed by atoms with Crippen LogP contribution in [0.5, 0.6) is 0 Å². The Hall–Kier alpha value is 0.700. The summed E-state index contributed by atoms with van der Waals surface area (Å²) in [7, 11) is 0. The van der Waals surface area contributed by atoms with Gasteiger partial charge in [-0.3, -0.25) is 0 Å². The van der Waals surface area contributed by atoms with E-state index in [9.17, 15) is 0 Å². The van der Waals surface area contributed by atoms with Crippen LogP contribution in [0.3, 0.4) is 0 Å². The van der Waals surface area contributed by atoms with Crippen LogP contribution in [-0.4, -0.2) is 21.0 Å². The molecular weight excluding hydrogens is 316 g/mol. The molecule has 128 valence electrons. The molecule has 2 heteroatoms. The molecule has 4 saturated carbocycles. The van der Waals surface area contributed by atoms with Crippen LogP contribution in [0, 0.1) is 34.5 Å². The lowest BCUT2D eigenvalue weighted by atomic mass is 9.44. The molecule has 0 aromatic rings. The second-order valence-corrected chi connectivity index (χ2v) is 13.4. The first-order chi connectivity index (χ1) is 11.0. The zero-order valence-corrected chi connectivity index (χ0v) is 16.5. The molecule has 8 unspecified atom stereocenters. The molecule has 2 spiro atoms. The van der Waals surface area contributed by atoms with E-state index < -0.39 is 0 Å². The zero-order valence-electron chi connectivity index (χ0n) is 14.9. The third kappa shape index (κ3) is 1.74. The third-order valence-electron chi connectivity index (χ3n) is 10.1. The van der Waals surface area contributed by atoms with Gasteiger partial charge in [-0.25, -0.2) is 0 Å². The van der Waals surface area contributed by atoms with Gasteiger partial charge in [-0.2, -0.15) is 23.5 Å². The Balaban J connectivity index is 1.32. The van der Waals surface area contributed by atoms with Crippen LogP contribution in [0.4, 0.5) is 0 Å². The Kier molecular flexibility index (Phi) is 2.79. The van der Waals surface area contributed by atoms with E-state index in [-0.39, 0.29) is 0 Å². The fraction of sp³-hybridized carbons (Fsp3) is 1.00. The van der Waals surface area contributed by atoms with Gasteiger partial charge in [-0.15, -0.1) is 0 Å². The van der Waals surface area contributed by atoms with Gasteiger partial charge in [0.25, 0.3) is 0 Å². The van der Waals surface area contributed by atoms with Gasteiger partial charge in [-0.05, 0) is 92.3 Å². The minimum atomic E-state index is 0.713. The minimum absolute atomic E-state index is 0.713. The highest BCUT2D eigenvalue weighted by atomic mass is 32.2. The lowest BCUT2D eigenvalue weighted by Crippen LogP contribution is -2.55. The van der Waals surface area contributed by atoms with Crippen molar-refractivity contribution in [2.24, 2.45) is 34.5 Å². The maximum Gasteiger partial charge on any atom is 0.0307 e. The molecule has 2 saturated heterocycles. The molecular formula is C21H32S2. The van der Waals surface area contributed by atoms with Crippen LogP contribution in [0.15, 0.2) is 0 Å². The van der Waals surface area contributed by atoms with E-state index in [0.29, 0.717) is 10.8 Å². The number of thioether (sulfide) groups is 2. The predicted molar refractivity (Wildman–Crippen MR) is 102 cm³/mol. The number of rotatable bonds is 0. The Morgan fingerprint density at radius 2 is 1.57 bits per heavy atom. The van der Waals surface area contributed by atoms with Crippen molar-refractivity contribution < 1.29 is 0 Å². The molecule has 8 atom stereocenters. The molecule has 0 aromatic carbocycles. The Morgan fingerprint density at radius 3 is 2.30 bits per heavy atom. The maximum atomic E-state index is 2.74. The average Bonchev–Trinajstić information content (AvgIpc) is 3.43. The zero-order chi connectivity index (χ0) is 15.5. The van der Waals surface area contributed by atoms with Crippen molar-refractivity contribution >= 4 is 23.5 Å². The fourth-order valence-corrected chi connectivity index (χ4v) is 10.9. The molecule has 0 nitrogen and oxygen atoms in total. The van der Waals surface area contributed by atoms with E-state index in [1.165, 1.54) is 11.5 Å². The molecule has 2 aliphatic heterocycles. The highest BCUT2D eigenvalue weighted by molar-refractivity contribution is 8.08. The van der Waals surface area contributed by atoms with Crippen molar-refractivity contribution in [1.82, 2.24) is 0 Å². The SMILES string of the molecule is CC12CCC3(CS3)CC1CCC1C2CCC2(C)C1CCC21CS1. The van der Waals surface area contributed by atoms with Gasteiger partial charge in [-0.1, -0.05) is 13.8 Å². The quantitative estimate of drug-likeness (QED) is 0.492. The van der Waals surface area contributed by atoms with Crippen molar-refractivity contribution in [1.29, 1.82) is 0 Å². The first-order valence-corrected chi connectivity index (χ1v) is 12.3. The van der Waals surface area contributed by atoms with Crippen molar-refractivity contribution in [3.63, 3.8) is 0 Å². The molecule has 6 fully saturated rings. The van der Waals surface area contributed by atoms with Gasteiger partial charge in [0.2, 0.25) is 0 Å². The van der Waals surface area contributed by atoms with Gasteiger partial charge in [0.1, 0.15) is 0 Å². The van der Waals surface area contributed by atoms with E-state index in [4.69, 9.17) is 0 Å². The number of fused-ring (bicyclic) bond motifs is 6. The summed E-state index contributed by atoms with van der Waals surface area (Å²) in [6.07, 6.45) is 14.1. The number of hydrogen-bond donors (Lipinski definition) is 0. The molecule has 0 radical (unpaired) electrons. The molecule has 23 heavy (non-hydrogen) atoms. The summed E-state index contributed by atoms with van der Waals surface area (Å²) < 4.78 is 1.53. The van der Waals surface area contributed by atoms with E-state index in [2.05, 4.69) is 37.4 Å². The van der Waals surface area contributed by atoms with Crippen molar-refractivity contribution in [3.8, 4) is 0 Å². The van der Waals surface area contributed by atoms with Gasteiger partial charge in [0, 0.05) is 21.0 Å².